The summed E-state index contributed by atoms with van der Waals surface area (Å²) in [6.07, 6.45) is 3.76. The molecule has 40 heavy (non-hydrogen) atoms. The Labute approximate surface area is 237 Å². The van der Waals surface area contributed by atoms with E-state index in [1.165, 1.54) is 7.11 Å². The highest BCUT2D eigenvalue weighted by Crippen LogP contribution is 2.39. The molecule has 2 rings (SSSR count). The molecule has 2 bridgehead atoms. The molecule has 1 aliphatic rings. The predicted octanol–water partition coefficient (Wildman–Crippen LogP) is 4.65. The zero-order chi connectivity index (χ0) is 30.0. The van der Waals surface area contributed by atoms with E-state index in [-0.39, 0.29) is 35.5 Å². The van der Waals surface area contributed by atoms with Gasteiger partial charge in [-0.05, 0) is 37.8 Å². The number of hydrogen-bond donors (Lipinski definition) is 3. The number of para-hydroxylation sites is 1. The van der Waals surface area contributed by atoms with E-state index in [1.54, 1.807) is 64.7 Å². The van der Waals surface area contributed by atoms with Gasteiger partial charge in [-0.3, -0.25) is 4.79 Å². The molecule has 7 atom stereocenters. The van der Waals surface area contributed by atoms with Crippen molar-refractivity contribution in [1.29, 1.82) is 0 Å². The second kappa shape index (κ2) is 15.6. The number of ether oxygens (including phenoxy) is 5. The van der Waals surface area contributed by atoms with Crippen molar-refractivity contribution in [2.45, 2.75) is 64.6 Å². The highest BCUT2D eigenvalue weighted by molar-refractivity contribution is 6.04. The Hall–Kier alpha value is -3.18. The minimum atomic E-state index is -0.940. The lowest BCUT2D eigenvalue weighted by molar-refractivity contribution is -0.112. The van der Waals surface area contributed by atoms with Crippen molar-refractivity contribution in [2.75, 3.05) is 33.8 Å². The molecule has 2 amide bonds. The molecule has 0 spiro atoms. The SMILES string of the molecule is COC1/C=C\C=C(/C)C(=O)Nc2cccc(c2O)C(OC)C(C)CC(OC)C(OC)C(C)/C=C(\C)C1OC(N)=O. The van der Waals surface area contributed by atoms with Crippen LogP contribution in [0, 0.1) is 11.8 Å². The standard InChI is InChI=1S/C30H44N2O8/c1-17-11-9-14-23(36-5)28(40-30(31)35)19(3)15-18(2)27(39-8)24(37-6)16-20(4)26(38-7)21-12-10-13-22(25(21)33)32-29(17)34/h9-15,18,20,23-24,26-28,33H,16H2,1-8H3,(H2,31,35)(H,32,34)/b14-9-,17-11+,19-15+. The number of hydrogen-bond acceptors (Lipinski definition) is 8. The van der Waals surface area contributed by atoms with E-state index in [1.807, 2.05) is 26.8 Å². The molecule has 222 valence electrons. The number of aromatic hydroxyl groups is 1. The Bertz CT molecular complexity index is 1100. The summed E-state index contributed by atoms with van der Waals surface area (Å²) in [4.78, 5) is 24.7. The number of carbonyl (C=O) groups is 2. The van der Waals surface area contributed by atoms with E-state index < -0.39 is 30.3 Å². The van der Waals surface area contributed by atoms with E-state index in [0.717, 1.165) is 0 Å². The first-order chi connectivity index (χ1) is 19.0. The molecule has 0 radical (unpaired) electrons. The van der Waals surface area contributed by atoms with E-state index in [2.05, 4.69) is 5.32 Å². The molecule has 0 aromatic heterocycles. The largest absolute Gasteiger partial charge is 0.505 e. The second-order valence-corrected chi connectivity index (χ2v) is 10.1. The van der Waals surface area contributed by atoms with Gasteiger partial charge in [0.2, 0.25) is 0 Å². The van der Waals surface area contributed by atoms with Gasteiger partial charge in [-0.15, -0.1) is 0 Å². The average molecular weight is 561 g/mol. The first-order valence-electron chi connectivity index (χ1n) is 13.2. The van der Waals surface area contributed by atoms with Gasteiger partial charge >= 0.3 is 6.09 Å². The van der Waals surface area contributed by atoms with Crippen molar-refractivity contribution in [1.82, 2.24) is 0 Å². The van der Waals surface area contributed by atoms with Crippen LogP contribution in [0.15, 0.2) is 53.6 Å². The zero-order valence-electron chi connectivity index (χ0n) is 24.7. The average Bonchev–Trinajstić information content (AvgIpc) is 2.91. The maximum atomic E-state index is 12.9. The third-order valence-electron chi connectivity index (χ3n) is 7.25. The molecule has 0 fully saturated rings. The lowest BCUT2D eigenvalue weighted by atomic mass is 9.86. The van der Waals surface area contributed by atoms with Crippen LogP contribution in [0.25, 0.3) is 0 Å². The van der Waals surface area contributed by atoms with Crippen molar-refractivity contribution in [2.24, 2.45) is 17.6 Å². The van der Waals surface area contributed by atoms with E-state index in [9.17, 15) is 14.7 Å². The molecular formula is C30H44N2O8. The normalized spacial score (nSPS) is 32.2. The van der Waals surface area contributed by atoms with Crippen LogP contribution in [0.2, 0.25) is 0 Å². The number of fused-ring (bicyclic) bond motifs is 2. The zero-order valence-corrected chi connectivity index (χ0v) is 24.7. The maximum Gasteiger partial charge on any atom is 0.405 e. The van der Waals surface area contributed by atoms with Gasteiger partial charge < -0.3 is 39.8 Å². The Balaban J connectivity index is 2.66. The summed E-state index contributed by atoms with van der Waals surface area (Å²) in [7, 11) is 6.31. The summed E-state index contributed by atoms with van der Waals surface area (Å²) >= 11 is 0. The maximum absolute atomic E-state index is 12.9. The first-order valence-corrected chi connectivity index (χ1v) is 13.2. The number of nitrogens with two attached hydrogens (primary N) is 1. The third-order valence-corrected chi connectivity index (χ3v) is 7.25. The quantitative estimate of drug-likeness (QED) is 0.349. The minimum Gasteiger partial charge on any atom is -0.505 e. The molecule has 10 heteroatoms. The minimum absolute atomic E-state index is 0.0640. The Morgan fingerprint density at radius 3 is 2.30 bits per heavy atom. The lowest BCUT2D eigenvalue weighted by Gasteiger charge is -2.33. The van der Waals surface area contributed by atoms with Crippen molar-refractivity contribution in [3.63, 3.8) is 0 Å². The number of phenols is 1. The lowest BCUT2D eigenvalue weighted by Crippen LogP contribution is -2.38. The number of methoxy groups -OCH3 is 4. The molecule has 1 aromatic rings. The highest BCUT2D eigenvalue weighted by Gasteiger charge is 2.33. The Morgan fingerprint density at radius 2 is 1.73 bits per heavy atom. The molecule has 0 saturated heterocycles. The molecule has 1 aromatic carbocycles. The van der Waals surface area contributed by atoms with Crippen LogP contribution in [0.1, 0.15) is 45.8 Å². The summed E-state index contributed by atoms with van der Waals surface area (Å²) < 4.78 is 28.7. The summed E-state index contributed by atoms with van der Waals surface area (Å²) in [6.45, 7) is 7.46. The topological polar surface area (TPSA) is 139 Å². The monoisotopic (exact) mass is 560 g/mol. The van der Waals surface area contributed by atoms with Gasteiger partial charge in [0.1, 0.15) is 11.9 Å². The van der Waals surface area contributed by atoms with Crippen molar-refractivity contribution in [3.8, 4) is 5.75 Å². The number of amides is 2. The fraction of sp³-hybridized carbons (Fsp3) is 0.533. The van der Waals surface area contributed by atoms with Crippen LogP contribution >= 0.6 is 0 Å². The van der Waals surface area contributed by atoms with Crippen LogP contribution in [-0.2, 0) is 28.5 Å². The molecule has 10 nitrogen and oxygen atoms in total. The van der Waals surface area contributed by atoms with Gasteiger partial charge in [-0.1, -0.05) is 50.3 Å². The van der Waals surface area contributed by atoms with Crippen molar-refractivity contribution >= 4 is 17.7 Å². The summed E-state index contributed by atoms with van der Waals surface area (Å²) in [5.74, 6) is -0.737. The molecular weight excluding hydrogens is 516 g/mol. The van der Waals surface area contributed by atoms with Crippen LogP contribution in [0.3, 0.4) is 0 Å². The summed E-state index contributed by atoms with van der Waals surface area (Å²) in [6, 6.07) is 5.16. The van der Waals surface area contributed by atoms with Gasteiger partial charge in [0.15, 0.2) is 6.10 Å². The predicted molar refractivity (Wildman–Crippen MR) is 153 cm³/mol. The van der Waals surface area contributed by atoms with Crippen LogP contribution < -0.4 is 11.1 Å². The first kappa shape index (κ1) is 33.0. The molecule has 0 saturated carbocycles. The summed E-state index contributed by atoms with van der Waals surface area (Å²) in [5.41, 5.74) is 7.30. The van der Waals surface area contributed by atoms with Gasteiger partial charge in [0.25, 0.3) is 5.91 Å². The number of rotatable bonds is 5. The Morgan fingerprint density at radius 1 is 1.02 bits per heavy atom. The van der Waals surface area contributed by atoms with Gasteiger partial charge in [-0.2, -0.15) is 0 Å². The van der Waals surface area contributed by atoms with Crippen LogP contribution in [0.4, 0.5) is 10.5 Å². The van der Waals surface area contributed by atoms with Gasteiger partial charge in [-0.25, -0.2) is 4.79 Å². The summed E-state index contributed by atoms with van der Waals surface area (Å²) in [5, 5.41) is 13.9. The number of allylic oxidation sites excluding steroid dienone is 2. The number of nitrogens with one attached hydrogen (secondary N) is 1. The van der Waals surface area contributed by atoms with E-state index in [0.29, 0.717) is 23.1 Å². The molecule has 7 unspecified atom stereocenters. The number of primary amides is 1. The fourth-order valence-corrected chi connectivity index (χ4v) is 5.17. The van der Waals surface area contributed by atoms with Gasteiger partial charge in [0, 0.05) is 45.5 Å². The highest BCUT2D eigenvalue weighted by atomic mass is 16.6. The molecule has 4 N–H and O–H groups in total. The van der Waals surface area contributed by atoms with Crippen molar-refractivity contribution < 1.29 is 38.4 Å². The number of phenolic OH excluding ortho intramolecular Hbond substituents is 1. The molecule has 1 heterocycles. The molecule has 1 aliphatic heterocycles. The number of benzene rings is 1. The number of carbonyl (C=O) groups excluding carboxylic acids is 2. The second-order valence-electron chi connectivity index (χ2n) is 10.1. The van der Waals surface area contributed by atoms with Crippen LogP contribution in [-0.4, -0.2) is 70.0 Å². The smallest absolute Gasteiger partial charge is 0.405 e. The van der Waals surface area contributed by atoms with Gasteiger partial charge in [0.05, 0.1) is 24.0 Å². The van der Waals surface area contributed by atoms with Crippen LogP contribution in [0.5, 0.6) is 5.75 Å². The van der Waals surface area contributed by atoms with Crippen molar-refractivity contribution in [3.05, 3.63) is 59.2 Å². The Kier molecular flexibility index (Phi) is 12.9. The van der Waals surface area contributed by atoms with E-state index in [4.69, 9.17) is 29.4 Å². The molecule has 0 aliphatic carbocycles. The van der Waals surface area contributed by atoms with E-state index >= 15 is 0 Å². The number of anilines is 1. The fourth-order valence-electron chi connectivity index (χ4n) is 5.17. The third kappa shape index (κ3) is 8.41.